The molecule has 0 aliphatic heterocycles. The molecule has 0 rings (SSSR count). The second-order valence-corrected chi connectivity index (χ2v) is 5.18. The highest BCUT2D eigenvalue weighted by Gasteiger charge is 1.96. The summed E-state index contributed by atoms with van der Waals surface area (Å²) in [7, 11) is 0. The highest BCUT2D eigenvalue weighted by atomic mass is 16.4. The van der Waals surface area contributed by atoms with Crippen molar-refractivity contribution in [2.24, 2.45) is 0 Å². The number of carboxylic acids is 2. The van der Waals surface area contributed by atoms with Crippen molar-refractivity contribution in [2.75, 3.05) is 0 Å². The van der Waals surface area contributed by atoms with E-state index in [0.717, 1.165) is 32.1 Å². The Morgan fingerprint density at radius 1 is 0.650 bits per heavy atom. The molecule has 0 heterocycles. The summed E-state index contributed by atoms with van der Waals surface area (Å²) in [6.45, 7) is 0. The number of carboxylic acid groups (broad SMARTS) is 2. The Bertz CT molecular complexity index is 284. The zero-order valence-electron chi connectivity index (χ0n) is 12.4. The Morgan fingerprint density at radius 2 is 1.15 bits per heavy atom. The Morgan fingerprint density at radius 3 is 1.65 bits per heavy atom. The van der Waals surface area contributed by atoms with Crippen molar-refractivity contribution in [3.05, 3.63) is 12.2 Å². The molecule has 0 fully saturated rings. The van der Waals surface area contributed by atoms with Crippen LogP contribution in [0.15, 0.2) is 12.2 Å². The highest BCUT2D eigenvalue weighted by Crippen LogP contribution is 2.11. The first-order valence-electron chi connectivity index (χ1n) is 7.71. The average molecular weight is 284 g/mol. The van der Waals surface area contributed by atoms with E-state index in [1.807, 2.05) is 6.08 Å². The Labute approximate surface area is 121 Å². The lowest BCUT2D eigenvalue weighted by atomic mass is 10.1. The second kappa shape index (κ2) is 14.1. The summed E-state index contributed by atoms with van der Waals surface area (Å²) >= 11 is 0. The molecule has 0 amide bonds. The first-order chi connectivity index (χ1) is 9.63. The van der Waals surface area contributed by atoms with Gasteiger partial charge in [0.15, 0.2) is 0 Å². The number of unbranched alkanes of at least 4 members (excludes halogenated alkanes) is 9. The minimum absolute atomic E-state index is 0.127. The van der Waals surface area contributed by atoms with Gasteiger partial charge >= 0.3 is 11.9 Å². The maximum absolute atomic E-state index is 10.3. The zero-order valence-corrected chi connectivity index (χ0v) is 12.4. The van der Waals surface area contributed by atoms with E-state index in [4.69, 9.17) is 10.2 Å². The van der Waals surface area contributed by atoms with Gasteiger partial charge in [-0.15, -0.1) is 0 Å². The molecule has 0 atom stereocenters. The van der Waals surface area contributed by atoms with Gasteiger partial charge in [0.1, 0.15) is 0 Å². The number of aliphatic carboxylic acids is 2. The standard InChI is InChI=1S/C16H28O4/c17-15(18)13-11-9-7-5-3-1-2-4-6-8-10-12-14-16(19)20/h9,11H,1-8,10,12-14H2,(H,17,18)(H,19,20)/b11-9-. The van der Waals surface area contributed by atoms with Crippen LogP contribution in [-0.2, 0) is 9.59 Å². The first kappa shape index (κ1) is 18.7. The molecule has 116 valence electrons. The summed E-state index contributed by atoms with van der Waals surface area (Å²) in [5, 5.41) is 16.9. The number of allylic oxidation sites excluding steroid dienone is 1. The van der Waals surface area contributed by atoms with Crippen LogP contribution in [0.1, 0.15) is 77.0 Å². The van der Waals surface area contributed by atoms with E-state index in [1.165, 1.54) is 32.1 Å². The molecule has 20 heavy (non-hydrogen) atoms. The van der Waals surface area contributed by atoms with Crippen LogP contribution in [0, 0.1) is 0 Å². The number of carbonyl (C=O) groups is 2. The third-order valence-electron chi connectivity index (χ3n) is 3.22. The molecule has 2 N–H and O–H groups in total. The molecule has 0 aliphatic carbocycles. The monoisotopic (exact) mass is 284 g/mol. The lowest BCUT2D eigenvalue weighted by Gasteiger charge is -2.01. The van der Waals surface area contributed by atoms with E-state index in [2.05, 4.69) is 0 Å². The van der Waals surface area contributed by atoms with Gasteiger partial charge in [0, 0.05) is 6.42 Å². The lowest BCUT2D eigenvalue weighted by Crippen LogP contribution is -1.93. The Kier molecular flexibility index (Phi) is 13.2. The Hall–Kier alpha value is -1.32. The molecule has 0 radical (unpaired) electrons. The van der Waals surface area contributed by atoms with E-state index >= 15 is 0 Å². The fourth-order valence-electron chi connectivity index (χ4n) is 2.08. The maximum atomic E-state index is 10.3. The van der Waals surface area contributed by atoms with Crippen LogP contribution in [0.4, 0.5) is 0 Å². The van der Waals surface area contributed by atoms with Crippen LogP contribution in [-0.4, -0.2) is 22.2 Å². The third kappa shape index (κ3) is 16.7. The molecule has 0 saturated heterocycles. The van der Waals surface area contributed by atoms with Crippen molar-refractivity contribution in [3.63, 3.8) is 0 Å². The summed E-state index contributed by atoms with van der Waals surface area (Å²) in [6.07, 6.45) is 15.3. The fraction of sp³-hybridized carbons (Fsp3) is 0.750. The third-order valence-corrected chi connectivity index (χ3v) is 3.22. The van der Waals surface area contributed by atoms with Gasteiger partial charge in [-0.05, 0) is 19.3 Å². The normalized spacial score (nSPS) is 11.0. The van der Waals surface area contributed by atoms with E-state index in [9.17, 15) is 9.59 Å². The van der Waals surface area contributed by atoms with Crippen molar-refractivity contribution in [2.45, 2.75) is 77.0 Å². The molecule has 0 spiro atoms. The predicted octanol–water partition coefficient (Wildman–Crippen LogP) is 4.39. The SMILES string of the molecule is O=C(O)C/C=C\CCCCCCCCCCCC(=O)O. The van der Waals surface area contributed by atoms with Crippen molar-refractivity contribution in [1.29, 1.82) is 0 Å². The molecule has 0 aromatic rings. The first-order valence-corrected chi connectivity index (χ1v) is 7.71. The van der Waals surface area contributed by atoms with Gasteiger partial charge in [-0.2, -0.15) is 0 Å². The van der Waals surface area contributed by atoms with E-state index < -0.39 is 11.9 Å². The Balaban J connectivity index is 3.08. The van der Waals surface area contributed by atoms with Crippen molar-refractivity contribution >= 4 is 11.9 Å². The smallest absolute Gasteiger partial charge is 0.307 e. The highest BCUT2D eigenvalue weighted by molar-refractivity contribution is 5.68. The summed E-state index contributed by atoms with van der Waals surface area (Å²) in [4.78, 5) is 20.6. The zero-order chi connectivity index (χ0) is 15.1. The predicted molar refractivity (Wildman–Crippen MR) is 79.8 cm³/mol. The number of hydrogen-bond acceptors (Lipinski definition) is 2. The van der Waals surface area contributed by atoms with Crippen LogP contribution in [0.3, 0.4) is 0 Å². The molecule has 0 aromatic carbocycles. The summed E-state index contributed by atoms with van der Waals surface area (Å²) < 4.78 is 0. The topological polar surface area (TPSA) is 74.6 Å². The van der Waals surface area contributed by atoms with Gasteiger partial charge in [0.05, 0.1) is 6.42 Å². The van der Waals surface area contributed by atoms with Gasteiger partial charge in [0.2, 0.25) is 0 Å². The van der Waals surface area contributed by atoms with Crippen LogP contribution in [0.2, 0.25) is 0 Å². The molecular weight excluding hydrogens is 256 g/mol. The molecular formula is C16H28O4. The van der Waals surface area contributed by atoms with Gasteiger partial charge in [-0.3, -0.25) is 9.59 Å². The minimum atomic E-state index is -0.774. The molecule has 0 aliphatic rings. The van der Waals surface area contributed by atoms with E-state index in [0.29, 0.717) is 6.42 Å². The summed E-state index contributed by atoms with van der Waals surface area (Å²) in [6, 6.07) is 0. The summed E-state index contributed by atoms with van der Waals surface area (Å²) in [5.41, 5.74) is 0. The molecule has 4 heteroatoms. The largest absolute Gasteiger partial charge is 0.481 e. The molecule has 0 bridgehead atoms. The molecule has 4 nitrogen and oxygen atoms in total. The van der Waals surface area contributed by atoms with Crippen molar-refractivity contribution in [1.82, 2.24) is 0 Å². The summed E-state index contributed by atoms with van der Waals surface area (Å²) in [5.74, 6) is -1.47. The van der Waals surface area contributed by atoms with Crippen LogP contribution in [0.25, 0.3) is 0 Å². The maximum Gasteiger partial charge on any atom is 0.307 e. The minimum Gasteiger partial charge on any atom is -0.481 e. The molecule has 0 aromatic heterocycles. The number of hydrogen-bond donors (Lipinski definition) is 2. The van der Waals surface area contributed by atoms with Gasteiger partial charge < -0.3 is 10.2 Å². The van der Waals surface area contributed by atoms with Gasteiger partial charge in [0.25, 0.3) is 0 Å². The second-order valence-electron chi connectivity index (χ2n) is 5.18. The lowest BCUT2D eigenvalue weighted by molar-refractivity contribution is -0.137. The quantitative estimate of drug-likeness (QED) is 0.366. The van der Waals surface area contributed by atoms with E-state index in [1.54, 1.807) is 6.08 Å². The van der Waals surface area contributed by atoms with Crippen LogP contribution < -0.4 is 0 Å². The van der Waals surface area contributed by atoms with Crippen molar-refractivity contribution in [3.8, 4) is 0 Å². The average Bonchev–Trinajstić information content (AvgIpc) is 2.38. The van der Waals surface area contributed by atoms with Crippen LogP contribution in [0.5, 0.6) is 0 Å². The number of rotatable bonds is 14. The fourth-order valence-corrected chi connectivity index (χ4v) is 2.08. The van der Waals surface area contributed by atoms with E-state index in [-0.39, 0.29) is 6.42 Å². The molecule has 0 unspecified atom stereocenters. The van der Waals surface area contributed by atoms with Crippen molar-refractivity contribution < 1.29 is 19.8 Å². The van der Waals surface area contributed by atoms with Gasteiger partial charge in [-0.25, -0.2) is 0 Å². The van der Waals surface area contributed by atoms with Gasteiger partial charge in [-0.1, -0.05) is 57.1 Å². The molecule has 0 saturated carbocycles. The van der Waals surface area contributed by atoms with Crippen LogP contribution >= 0.6 is 0 Å².